The SMILES string of the molecule is CC[C@H]1CSC(Nc2ccc(C)cc2C)=N1. The number of anilines is 1. The monoisotopic (exact) mass is 234 g/mol. The van der Waals surface area contributed by atoms with Crippen molar-refractivity contribution in [2.24, 2.45) is 4.99 Å². The Morgan fingerprint density at radius 3 is 2.88 bits per heavy atom. The fourth-order valence-corrected chi connectivity index (χ4v) is 2.83. The first-order valence-corrected chi connectivity index (χ1v) is 6.72. The van der Waals surface area contributed by atoms with Gasteiger partial charge in [0, 0.05) is 11.4 Å². The van der Waals surface area contributed by atoms with E-state index >= 15 is 0 Å². The quantitative estimate of drug-likeness (QED) is 0.845. The Hall–Kier alpha value is -0.960. The van der Waals surface area contributed by atoms with Crippen LogP contribution < -0.4 is 5.32 Å². The van der Waals surface area contributed by atoms with Crippen molar-refractivity contribution in [3.63, 3.8) is 0 Å². The number of aryl methyl sites for hydroxylation is 2. The zero-order chi connectivity index (χ0) is 11.5. The Morgan fingerprint density at radius 2 is 2.25 bits per heavy atom. The van der Waals surface area contributed by atoms with E-state index in [4.69, 9.17) is 0 Å². The Morgan fingerprint density at radius 1 is 1.44 bits per heavy atom. The number of benzene rings is 1. The van der Waals surface area contributed by atoms with Gasteiger partial charge in [0.25, 0.3) is 0 Å². The first kappa shape index (κ1) is 11.5. The fraction of sp³-hybridized carbons (Fsp3) is 0.462. The predicted molar refractivity (Wildman–Crippen MR) is 73.5 cm³/mol. The molecule has 3 heteroatoms. The van der Waals surface area contributed by atoms with E-state index in [0.29, 0.717) is 6.04 Å². The second kappa shape index (κ2) is 4.91. The highest BCUT2D eigenvalue weighted by Gasteiger charge is 2.16. The van der Waals surface area contributed by atoms with Crippen LogP contribution in [0.4, 0.5) is 5.69 Å². The Bertz CT molecular complexity index is 412. The molecule has 1 aromatic carbocycles. The molecule has 1 N–H and O–H groups in total. The van der Waals surface area contributed by atoms with Gasteiger partial charge >= 0.3 is 0 Å². The normalized spacial score (nSPS) is 19.7. The van der Waals surface area contributed by atoms with Gasteiger partial charge in [0.2, 0.25) is 0 Å². The Balaban J connectivity index is 2.10. The zero-order valence-electron chi connectivity index (χ0n) is 10.1. The van der Waals surface area contributed by atoms with Crippen LogP contribution in [0.25, 0.3) is 0 Å². The molecule has 2 nitrogen and oxygen atoms in total. The van der Waals surface area contributed by atoms with Crippen LogP contribution in [0, 0.1) is 13.8 Å². The van der Waals surface area contributed by atoms with Crippen molar-refractivity contribution in [3.8, 4) is 0 Å². The molecule has 0 saturated heterocycles. The third kappa shape index (κ3) is 2.59. The summed E-state index contributed by atoms with van der Waals surface area (Å²) in [5.41, 5.74) is 3.76. The van der Waals surface area contributed by atoms with Gasteiger partial charge < -0.3 is 5.32 Å². The van der Waals surface area contributed by atoms with E-state index in [0.717, 1.165) is 17.3 Å². The standard InChI is InChI=1S/C13H18N2S/c1-4-11-8-16-13(14-11)15-12-6-5-9(2)7-10(12)3/h5-7,11H,4,8H2,1-3H3,(H,14,15)/t11-/m0/s1. The highest BCUT2D eigenvalue weighted by molar-refractivity contribution is 8.14. The molecule has 1 aromatic rings. The van der Waals surface area contributed by atoms with Crippen molar-refractivity contribution in [1.82, 2.24) is 0 Å². The minimum absolute atomic E-state index is 0.498. The number of thioether (sulfide) groups is 1. The molecule has 0 unspecified atom stereocenters. The minimum Gasteiger partial charge on any atom is -0.335 e. The van der Waals surface area contributed by atoms with Gasteiger partial charge in [0.1, 0.15) is 0 Å². The maximum atomic E-state index is 4.63. The molecule has 16 heavy (non-hydrogen) atoms. The van der Waals surface area contributed by atoms with Gasteiger partial charge in [-0.15, -0.1) is 0 Å². The summed E-state index contributed by atoms with van der Waals surface area (Å²) in [6.07, 6.45) is 1.13. The van der Waals surface area contributed by atoms with Gasteiger partial charge in [-0.25, -0.2) is 0 Å². The first-order chi connectivity index (χ1) is 7.69. The van der Waals surface area contributed by atoms with E-state index < -0.39 is 0 Å². The lowest BCUT2D eigenvalue weighted by molar-refractivity contribution is 0.738. The van der Waals surface area contributed by atoms with Crippen molar-refractivity contribution in [1.29, 1.82) is 0 Å². The largest absolute Gasteiger partial charge is 0.335 e. The predicted octanol–water partition coefficient (Wildman–Crippen LogP) is 3.60. The average Bonchev–Trinajstić information content (AvgIpc) is 2.70. The maximum absolute atomic E-state index is 4.63. The molecule has 1 aliphatic rings. The summed E-state index contributed by atoms with van der Waals surface area (Å²) in [7, 11) is 0. The molecular formula is C13H18N2S. The summed E-state index contributed by atoms with van der Waals surface area (Å²) in [5.74, 6) is 1.11. The number of nitrogens with zero attached hydrogens (tertiary/aromatic N) is 1. The lowest BCUT2D eigenvalue weighted by Gasteiger charge is -2.08. The summed E-state index contributed by atoms with van der Waals surface area (Å²) < 4.78 is 0. The minimum atomic E-state index is 0.498. The average molecular weight is 234 g/mol. The van der Waals surface area contributed by atoms with E-state index in [-0.39, 0.29) is 0 Å². The molecule has 0 amide bonds. The van der Waals surface area contributed by atoms with Crippen molar-refractivity contribution >= 4 is 22.6 Å². The summed E-state index contributed by atoms with van der Waals surface area (Å²) in [6, 6.07) is 6.96. The molecular weight excluding hydrogens is 216 g/mol. The Labute approximate surface area is 102 Å². The molecule has 2 rings (SSSR count). The summed E-state index contributed by atoms with van der Waals surface area (Å²) in [4.78, 5) is 4.63. The van der Waals surface area contributed by atoms with Crippen LogP contribution in [0.2, 0.25) is 0 Å². The van der Waals surface area contributed by atoms with Crippen LogP contribution in [0.15, 0.2) is 23.2 Å². The molecule has 0 aromatic heterocycles. The highest BCUT2D eigenvalue weighted by Crippen LogP contribution is 2.23. The van der Waals surface area contributed by atoms with E-state index in [1.807, 2.05) is 11.8 Å². The maximum Gasteiger partial charge on any atom is 0.161 e. The highest BCUT2D eigenvalue weighted by atomic mass is 32.2. The second-order valence-corrected chi connectivity index (χ2v) is 5.26. The fourth-order valence-electron chi connectivity index (χ4n) is 1.76. The summed E-state index contributed by atoms with van der Waals surface area (Å²) >= 11 is 1.82. The summed E-state index contributed by atoms with van der Waals surface area (Å²) in [6.45, 7) is 6.44. The lowest BCUT2D eigenvalue weighted by atomic mass is 10.1. The molecule has 0 spiro atoms. The van der Waals surface area contributed by atoms with Gasteiger partial charge in [0.15, 0.2) is 5.17 Å². The molecule has 0 bridgehead atoms. The molecule has 86 valence electrons. The van der Waals surface area contributed by atoms with Crippen molar-refractivity contribution in [2.75, 3.05) is 11.1 Å². The van der Waals surface area contributed by atoms with Gasteiger partial charge in [-0.1, -0.05) is 36.4 Å². The van der Waals surface area contributed by atoms with Crippen molar-refractivity contribution in [2.45, 2.75) is 33.2 Å². The zero-order valence-corrected chi connectivity index (χ0v) is 10.9. The van der Waals surface area contributed by atoms with Crippen LogP contribution in [0.5, 0.6) is 0 Å². The smallest absolute Gasteiger partial charge is 0.161 e. The molecule has 1 atom stereocenters. The van der Waals surface area contributed by atoms with Crippen LogP contribution in [-0.2, 0) is 0 Å². The van der Waals surface area contributed by atoms with E-state index in [1.54, 1.807) is 0 Å². The lowest BCUT2D eigenvalue weighted by Crippen LogP contribution is -2.06. The second-order valence-electron chi connectivity index (χ2n) is 4.25. The topological polar surface area (TPSA) is 24.4 Å². The number of aliphatic imine (C=N–C) groups is 1. The third-order valence-corrected chi connectivity index (χ3v) is 3.84. The van der Waals surface area contributed by atoms with E-state index in [2.05, 4.69) is 49.3 Å². The molecule has 1 aliphatic heterocycles. The van der Waals surface area contributed by atoms with Crippen LogP contribution in [0.1, 0.15) is 24.5 Å². The first-order valence-electron chi connectivity index (χ1n) is 5.74. The Kier molecular flexibility index (Phi) is 3.54. The van der Waals surface area contributed by atoms with Crippen LogP contribution in [0.3, 0.4) is 0 Å². The van der Waals surface area contributed by atoms with E-state index in [1.165, 1.54) is 16.8 Å². The summed E-state index contributed by atoms with van der Waals surface area (Å²) in [5, 5.41) is 4.48. The number of rotatable bonds is 2. The van der Waals surface area contributed by atoms with Crippen LogP contribution in [-0.4, -0.2) is 17.0 Å². The molecule has 0 aliphatic carbocycles. The number of amidine groups is 1. The van der Waals surface area contributed by atoms with Crippen molar-refractivity contribution < 1.29 is 0 Å². The van der Waals surface area contributed by atoms with Gasteiger partial charge in [-0.3, -0.25) is 4.99 Å². The van der Waals surface area contributed by atoms with Gasteiger partial charge in [-0.05, 0) is 31.9 Å². The van der Waals surface area contributed by atoms with Crippen LogP contribution >= 0.6 is 11.8 Å². The van der Waals surface area contributed by atoms with E-state index in [9.17, 15) is 0 Å². The number of hydrogen-bond donors (Lipinski definition) is 1. The third-order valence-electron chi connectivity index (χ3n) is 2.81. The molecule has 1 heterocycles. The molecule has 0 fully saturated rings. The van der Waals surface area contributed by atoms with Crippen molar-refractivity contribution in [3.05, 3.63) is 29.3 Å². The molecule has 0 radical (unpaired) electrons. The van der Waals surface area contributed by atoms with Gasteiger partial charge in [-0.2, -0.15) is 0 Å². The van der Waals surface area contributed by atoms with Gasteiger partial charge in [0.05, 0.1) is 6.04 Å². The molecule has 0 saturated carbocycles. The number of hydrogen-bond acceptors (Lipinski definition) is 3. The number of nitrogens with one attached hydrogen (secondary N) is 1.